The zero-order valence-electron chi connectivity index (χ0n) is 14.1. The van der Waals surface area contributed by atoms with E-state index in [4.69, 9.17) is 9.47 Å². The van der Waals surface area contributed by atoms with Crippen molar-refractivity contribution in [2.45, 2.75) is 25.8 Å². The Bertz CT molecular complexity index is 694. The topological polar surface area (TPSA) is 84.9 Å². The second-order valence-corrected chi connectivity index (χ2v) is 5.97. The van der Waals surface area contributed by atoms with Gasteiger partial charge in [-0.05, 0) is 26.0 Å². The Morgan fingerprint density at radius 3 is 2.21 bits per heavy atom. The first-order valence-electron chi connectivity index (χ1n) is 7.38. The average molecular weight is 332 g/mol. The quantitative estimate of drug-likeness (QED) is 0.660. The van der Waals surface area contributed by atoms with Crippen molar-refractivity contribution in [3.05, 3.63) is 41.6 Å². The zero-order valence-corrected chi connectivity index (χ0v) is 14.1. The molecule has 0 aliphatic carbocycles. The number of para-hydroxylation sites is 1. The third-order valence-electron chi connectivity index (χ3n) is 3.54. The fraction of sp³-hybridized carbons (Fsp3) is 0.353. The van der Waals surface area contributed by atoms with Gasteiger partial charge in [-0.25, -0.2) is 15.0 Å². The van der Waals surface area contributed by atoms with E-state index in [1.807, 2.05) is 6.07 Å². The number of Topliss-reactive ketones (excluding diaryl/α,β-unsaturated/α-hetero) is 1. The molecule has 128 valence electrons. The van der Waals surface area contributed by atoms with Crippen LogP contribution < -0.4 is 10.4 Å². The summed E-state index contributed by atoms with van der Waals surface area (Å²) in [5.74, 6) is -2.17. The van der Waals surface area contributed by atoms with Crippen LogP contribution in [-0.2, 0) is 23.9 Å². The van der Waals surface area contributed by atoms with Gasteiger partial charge in [-0.15, -0.1) is 0 Å². The Morgan fingerprint density at radius 1 is 1.08 bits per heavy atom. The monoisotopic (exact) mass is 332 g/mol. The van der Waals surface area contributed by atoms with Crippen LogP contribution in [0.15, 0.2) is 41.6 Å². The summed E-state index contributed by atoms with van der Waals surface area (Å²) >= 11 is 0. The summed E-state index contributed by atoms with van der Waals surface area (Å²) in [5.41, 5.74) is 2.50. The molecule has 0 amide bonds. The molecule has 1 aliphatic heterocycles. The summed E-state index contributed by atoms with van der Waals surface area (Å²) in [6.07, 6.45) is 0.0151. The van der Waals surface area contributed by atoms with Crippen molar-refractivity contribution >= 4 is 23.4 Å². The lowest BCUT2D eigenvalue weighted by atomic mass is 9.95. The number of methoxy groups -OCH3 is 2. The van der Waals surface area contributed by atoms with Crippen LogP contribution in [0.1, 0.15) is 20.3 Å². The smallest absolute Gasteiger partial charge is 0.357 e. The largest absolute Gasteiger partial charge is 0.465 e. The molecule has 0 spiro atoms. The van der Waals surface area contributed by atoms with E-state index in [0.717, 1.165) is 7.11 Å². The zero-order chi connectivity index (χ0) is 17.9. The summed E-state index contributed by atoms with van der Waals surface area (Å²) < 4.78 is 9.51. The highest BCUT2D eigenvalue weighted by atomic mass is 16.5. The molecule has 0 saturated heterocycles. The van der Waals surface area contributed by atoms with E-state index in [1.54, 1.807) is 38.1 Å². The molecule has 0 saturated carbocycles. The molecule has 0 fully saturated rings. The minimum Gasteiger partial charge on any atom is -0.465 e. The maximum absolute atomic E-state index is 12.6. The number of ether oxygens (including phenoxy) is 2. The number of hydrogen-bond donors (Lipinski definition) is 1. The third kappa shape index (κ3) is 3.46. The number of hydrogen-bond acceptors (Lipinski definition) is 7. The first-order valence-corrected chi connectivity index (χ1v) is 7.38. The summed E-state index contributed by atoms with van der Waals surface area (Å²) in [4.78, 5) is 37.2. The molecule has 0 unspecified atom stereocenters. The fourth-order valence-corrected chi connectivity index (χ4v) is 2.51. The molecule has 1 aliphatic rings. The Morgan fingerprint density at radius 2 is 1.67 bits per heavy atom. The number of nitrogens with one attached hydrogen (secondary N) is 1. The van der Waals surface area contributed by atoms with Crippen molar-refractivity contribution in [1.29, 1.82) is 0 Å². The van der Waals surface area contributed by atoms with Gasteiger partial charge in [0.2, 0.25) is 0 Å². The van der Waals surface area contributed by atoms with E-state index in [-0.39, 0.29) is 17.7 Å². The SMILES string of the molecule is COC(=O)C1=C(C(=O)OC)N(c2ccccc2)NC(C)(C)CC1=O. The van der Waals surface area contributed by atoms with Gasteiger partial charge >= 0.3 is 11.9 Å². The van der Waals surface area contributed by atoms with Crippen LogP contribution >= 0.6 is 0 Å². The third-order valence-corrected chi connectivity index (χ3v) is 3.54. The normalized spacial score (nSPS) is 17.3. The Hall–Kier alpha value is -2.67. The molecule has 2 rings (SSSR count). The van der Waals surface area contributed by atoms with Crippen LogP contribution in [0.2, 0.25) is 0 Å². The highest BCUT2D eigenvalue weighted by Gasteiger charge is 2.40. The predicted molar refractivity (Wildman–Crippen MR) is 86.8 cm³/mol. The van der Waals surface area contributed by atoms with Crippen LogP contribution in [0, 0.1) is 0 Å². The second-order valence-electron chi connectivity index (χ2n) is 5.97. The Kier molecular flexibility index (Phi) is 5.04. The molecule has 7 nitrogen and oxygen atoms in total. The van der Waals surface area contributed by atoms with Crippen molar-refractivity contribution in [2.24, 2.45) is 0 Å². The van der Waals surface area contributed by atoms with Gasteiger partial charge in [-0.1, -0.05) is 18.2 Å². The van der Waals surface area contributed by atoms with Gasteiger partial charge in [0.05, 0.1) is 19.9 Å². The molecular formula is C17H20N2O5. The van der Waals surface area contributed by atoms with Gasteiger partial charge in [-0.2, -0.15) is 0 Å². The van der Waals surface area contributed by atoms with E-state index in [1.165, 1.54) is 12.1 Å². The van der Waals surface area contributed by atoms with E-state index in [2.05, 4.69) is 5.43 Å². The molecule has 1 aromatic rings. The number of rotatable bonds is 3. The van der Waals surface area contributed by atoms with Crippen LogP contribution in [0.25, 0.3) is 0 Å². The molecule has 1 heterocycles. The van der Waals surface area contributed by atoms with Crippen molar-refractivity contribution in [3.63, 3.8) is 0 Å². The van der Waals surface area contributed by atoms with Crippen LogP contribution in [0.3, 0.4) is 0 Å². The number of esters is 2. The first-order chi connectivity index (χ1) is 11.3. The van der Waals surface area contributed by atoms with E-state index >= 15 is 0 Å². The van der Waals surface area contributed by atoms with Crippen molar-refractivity contribution in [2.75, 3.05) is 19.2 Å². The van der Waals surface area contributed by atoms with Gasteiger partial charge in [0.25, 0.3) is 0 Å². The van der Waals surface area contributed by atoms with Gasteiger partial charge in [0.1, 0.15) is 5.57 Å². The number of anilines is 1. The number of ketones is 1. The van der Waals surface area contributed by atoms with Gasteiger partial charge < -0.3 is 9.47 Å². The lowest BCUT2D eigenvalue weighted by Gasteiger charge is -2.33. The number of carbonyl (C=O) groups is 3. The minimum atomic E-state index is -0.874. The Balaban J connectivity index is 2.74. The molecule has 0 bridgehead atoms. The predicted octanol–water partition coefficient (Wildman–Crippen LogP) is 1.35. The Labute approximate surface area is 140 Å². The van der Waals surface area contributed by atoms with E-state index in [0.29, 0.717) is 5.69 Å². The number of hydrazine groups is 1. The summed E-state index contributed by atoms with van der Waals surface area (Å²) in [6, 6.07) is 8.88. The van der Waals surface area contributed by atoms with Crippen molar-refractivity contribution in [1.82, 2.24) is 5.43 Å². The average Bonchev–Trinajstić information content (AvgIpc) is 2.67. The molecule has 0 aromatic heterocycles. The van der Waals surface area contributed by atoms with Crippen molar-refractivity contribution < 1.29 is 23.9 Å². The van der Waals surface area contributed by atoms with Gasteiger partial charge in [0, 0.05) is 12.0 Å². The summed E-state index contributed by atoms with van der Waals surface area (Å²) in [6.45, 7) is 3.60. The van der Waals surface area contributed by atoms with Crippen LogP contribution in [-0.4, -0.2) is 37.5 Å². The summed E-state index contributed by atoms with van der Waals surface area (Å²) in [7, 11) is 2.35. The summed E-state index contributed by atoms with van der Waals surface area (Å²) in [5, 5.41) is 1.41. The second kappa shape index (κ2) is 6.84. The molecular weight excluding hydrogens is 312 g/mol. The van der Waals surface area contributed by atoms with Gasteiger partial charge in [0.15, 0.2) is 11.5 Å². The molecule has 0 atom stereocenters. The fourth-order valence-electron chi connectivity index (χ4n) is 2.51. The van der Waals surface area contributed by atoms with Gasteiger partial charge in [-0.3, -0.25) is 9.80 Å². The van der Waals surface area contributed by atoms with E-state index < -0.39 is 23.3 Å². The van der Waals surface area contributed by atoms with Crippen LogP contribution in [0.4, 0.5) is 5.69 Å². The molecule has 0 radical (unpaired) electrons. The minimum absolute atomic E-state index is 0.0151. The first kappa shape index (κ1) is 17.7. The number of carbonyl (C=O) groups excluding carboxylic acids is 3. The number of benzene rings is 1. The molecule has 24 heavy (non-hydrogen) atoms. The maximum Gasteiger partial charge on any atom is 0.357 e. The number of nitrogens with zero attached hydrogens (tertiary/aromatic N) is 1. The molecule has 7 heteroatoms. The highest BCUT2D eigenvalue weighted by Crippen LogP contribution is 2.28. The lowest BCUT2D eigenvalue weighted by Crippen LogP contribution is -2.51. The molecule has 1 N–H and O–H groups in total. The van der Waals surface area contributed by atoms with Crippen LogP contribution in [0.5, 0.6) is 0 Å². The highest BCUT2D eigenvalue weighted by molar-refractivity contribution is 6.22. The van der Waals surface area contributed by atoms with Crippen molar-refractivity contribution in [3.8, 4) is 0 Å². The lowest BCUT2D eigenvalue weighted by molar-refractivity contribution is -0.140. The maximum atomic E-state index is 12.6. The van der Waals surface area contributed by atoms with E-state index in [9.17, 15) is 14.4 Å². The standard InChI is InChI=1S/C17H20N2O5/c1-17(2)10-12(20)13(15(21)23-3)14(16(22)24-4)19(18-17)11-8-6-5-7-9-11/h5-9,18H,10H2,1-4H3. The molecule has 1 aromatic carbocycles.